The van der Waals surface area contributed by atoms with Crippen LogP contribution in [0.2, 0.25) is 0 Å². The first-order chi connectivity index (χ1) is 7.68. The number of nitrogens with one attached hydrogen (secondary N) is 2. The molecule has 0 radical (unpaired) electrons. The Labute approximate surface area is 94.3 Å². The summed E-state index contributed by atoms with van der Waals surface area (Å²) in [5.41, 5.74) is 0. The Morgan fingerprint density at radius 3 is 3.06 bits per heavy atom. The molecule has 90 valence electrons. The van der Waals surface area contributed by atoms with E-state index in [1.807, 2.05) is 13.8 Å². The summed E-state index contributed by atoms with van der Waals surface area (Å²) in [6, 6.07) is 1.28. The molecule has 1 rings (SSSR count). The second kappa shape index (κ2) is 6.84. The van der Waals surface area contributed by atoms with Gasteiger partial charge in [-0.2, -0.15) is 0 Å². The van der Waals surface area contributed by atoms with Gasteiger partial charge in [0.1, 0.15) is 6.26 Å². The Morgan fingerprint density at radius 2 is 2.44 bits per heavy atom. The number of aromatic nitrogens is 1. The van der Waals surface area contributed by atoms with Crippen LogP contribution in [0.3, 0.4) is 0 Å². The number of amides is 2. The lowest BCUT2D eigenvalue weighted by Crippen LogP contribution is -2.30. The molecule has 1 aromatic heterocycles. The van der Waals surface area contributed by atoms with Crippen LogP contribution in [0.4, 0.5) is 10.6 Å². The van der Waals surface area contributed by atoms with Gasteiger partial charge in [0.25, 0.3) is 0 Å². The van der Waals surface area contributed by atoms with Gasteiger partial charge >= 0.3 is 6.03 Å². The number of urea groups is 1. The highest BCUT2D eigenvalue weighted by Crippen LogP contribution is 1.99. The summed E-state index contributed by atoms with van der Waals surface area (Å²) in [6.07, 6.45) is 2.40. The van der Waals surface area contributed by atoms with Crippen molar-refractivity contribution in [1.82, 2.24) is 10.5 Å². The molecule has 1 heterocycles. The SMILES string of the molecule is CC(C)OCCCNC(=O)Nc1ccon1. The van der Waals surface area contributed by atoms with Crippen LogP contribution in [0.1, 0.15) is 20.3 Å². The molecule has 0 atom stereocenters. The van der Waals surface area contributed by atoms with E-state index in [1.165, 1.54) is 6.26 Å². The van der Waals surface area contributed by atoms with Crippen LogP contribution in [0.5, 0.6) is 0 Å². The molecule has 2 amide bonds. The molecule has 0 spiro atoms. The van der Waals surface area contributed by atoms with Crippen molar-refractivity contribution in [3.8, 4) is 0 Å². The average Bonchev–Trinajstić information content (AvgIpc) is 2.69. The van der Waals surface area contributed by atoms with Crippen LogP contribution in [0.15, 0.2) is 16.9 Å². The average molecular weight is 227 g/mol. The third kappa shape index (κ3) is 5.35. The molecule has 1 aromatic rings. The summed E-state index contributed by atoms with van der Waals surface area (Å²) >= 11 is 0. The van der Waals surface area contributed by atoms with Crippen molar-refractivity contribution in [2.24, 2.45) is 0 Å². The normalized spacial score (nSPS) is 10.4. The fraction of sp³-hybridized carbons (Fsp3) is 0.600. The summed E-state index contributed by atoms with van der Waals surface area (Å²) in [5.74, 6) is 0.399. The van der Waals surface area contributed by atoms with E-state index >= 15 is 0 Å². The lowest BCUT2D eigenvalue weighted by molar-refractivity contribution is 0.0775. The zero-order chi connectivity index (χ0) is 11.8. The van der Waals surface area contributed by atoms with Gasteiger partial charge in [-0.1, -0.05) is 5.16 Å². The van der Waals surface area contributed by atoms with E-state index in [-0.39, 0.29) is 12.1 Å². The number of rotatable bonds is 6. The second-order valence-electron chi connectivity index (χ2n) is 3.54. The number of hydrogen-bond donors (Lipinski definition) is 2. The largest absolute Gasteiger partial charge is 0.379 e. The molecule has 0 aliphatic heterocycles. The third-order valence-electron chi connectivity index (χ3n) is 1.74. The quantitative estimate of drug-likeness (QED) is 0.724. The lowest BCUT2D eigenvalue weighted by Gasteiger charge is -2.08. The minimum atomic E-state index is -0.293. The molecule has 0 aliphatic rings. The number of anilines is 1. The van der Waals surface area contributed by atoms with Crippen molar-refractivity contribution in [1.29, 1.82) is 0 Å². The maximum absolute atomic E-state index is 11.3. The van der Waals surface area contributed by atoms with E-state index in [0.717, 1.165) is 6.42 Å². The lowest BCUT2D eigenvalue weighted by atomic mass is 10.4. The maximum atomic E-state index is 11.3. The maximum Gasteiger partial charge on any atom is 0.320 e. The Morgan fingerprint density at radius 1 is 1.62 bits per heavy atom. The van der Waals surface area contributed by atoms with Gasteiger partial charge in [0, 0.05) is 19.2 Å². The summed E-state index contributed by atoms with van der Waals surface area (Å²) < 4.78 is 9.90. The van der Waals surface area contributed by atoms with E-state index in [2.05, 4.69) is 20.3 Å². The van der Waals surface area contributed by atoms with Crippen LogP contribution in [-0.4, -0.2) is 30.4 Å². The minimum absolute atomic E-state index is 0.226. The predicted octanol–water partition coefficient (Wildman–Crippen LogP) is 1.61. The fourth-order valence-corrected chi connectivity index (χ4v) is 1.03. The molecule has 2 N–H and O–H groups in total. The van der Waals surface area contributed by atoms with Gasteiger partial charge in [0.15, 0.2) is 5.82 Å². The van der Waals surface area contributed by atoms with Crippen molar-refractivity contribution in [2.45, 2.75) is 26.4 Å². The Balaban J connectivity index is 2.03. The van der Waals surface area contributed by atoms with E-state index in [1.54, 1.807) is 6.07 Å². The highest BCUT2D eigenvalue weighted by Gasteiger charge is 2.02. The molecule has 0 saturated heterocycles. The Bertz CT molecular complexity index is 298. The minimum Gasteiger partial charge on any atom is -0.379 e. The van der Waals surface area contributed by atoms with Crippen molar-refractivity contribution in [3.05, 3.63) is 12.3 Å². The summed E-state index contributed by atoms with van der Waals surface area (Å²) in [6.45, 7) is 5.16. The van der Waals surface area contributed by atoms with E-state index in [4.69, 9.17) is 4.74 Å². The fourth-order valence-electron chi connectivity index (χ4n) is 1.03. The van der Waals surface area contributed by atoms with Crippen molar-refractivity contribution in [3.63, 3.8) is 0 Å². The first kappa shape index (κ1) is 12.5. The number of carbonyl (C=O) groups is 1. The molecule has 0 saturated carbocycles. The van der Waals surface area contributed by atoms with E-state index in [9.17, 15) is 4.79 Å². The molecule has 0 aromatic carbocycles. The Kier molecular flexibility index (Phi) is 5.35. The van der Waals surface area contributed by atoms with Crippen LogP contribution < -0.4 is 10.6 Å². The van der Waals surface area contributed by atoms with E-state index < -0.39 is 0 Å². The van der Waals surface area contributed by atoms with E-state index in [0.29, 0.717) is 19.0 Å². The van der Waals surface area contributed by atoms with Gasteiger partial charge in [-0.15, -0.1) is 0 Å². The van der Waals surface area contributed by atoms with Crippen LogP contribution >= 0.6 is 0 Å². The highest BCUT2D eigenvalue weighted by atomic mass is 16.5. The molecular formula is C10H17N3O3. The number of nitrogens with zero attached hydrogens (tertiary/aromatic N) is 1. The molecular weight excluding hydrogens is 210 g/mol. The first-order valence-electron chi connectivity index (χ1n) is 5.25. The van der Waals surface area contributed by atoms with Crippen molar-refractivity contribution >= 4 is 11.8 Å². The zero-order valence-corrected chi connectivity index (χ0v) is 9.53. The Hall–Kier alpha value is -1.56. The molecule has 6 heteroatoms. The molecule has 16 heavy (non-hydrogen) atoms. The number of hydrogen-bond acceptors (Lipinski definition) is 4. The van der Waals surface area contributed by atoms with Crippen LogP contribution in [-0.2, 0) is 4.74 Å². The van der Waals surface area contributed by atoms with Gasteiger partial charge in [0.05, 0.1) is 6.10 Å². The molecule has 0 bridgehead atoms. The first-order valence-corrected chi connectivity index (χ1v) is 5.25. The van der Waals surface area contributed by atoms with Crippen LogP contribution in [0, 0.1) is 0 Å². The smallest absolute Gasteiger partial charge is 0.320 e. The highest BCUT2D eigenvalue weighted by molar-refractivity contribution is 5.87. The number of ether oxygens (including phenoxy) is 1. The summed E-state index contributed by atoms with van der Waals surface area (Å²) in [7, 11) is 0. The summed E-state index contributed by atoms with van der Waals surface area (Å²) in [5, 5.41) is 8.76. The molecule has 0 aliphatic carbocycles. The number of carbonyl (C=O) groups excluding carboxylic acids is 1. The summed E-state index contributed by atoms with van der Waals surface area (Å²) in [4.78, 5) is 11.3. The zero-order valence-electron chi connectivity index (χ0n) is 9.53. The molecule has 0 fully saturated rings. The van der Waals surface area contributed by atoms with Gasteiger partial charge in [-0.05, 0) is 20.3 Å². The van der Waals surface area contributed by atoms with Gasteiger partial charge in [0.2, 0.25) is 0 Å². The molecule has 0 unspecified atom stereocenters. The molecule has 6 nitrogen and oxygen atoms in total. The van der Waals surface area contributed by atoms with Crippen LogP contribution in [0.25, 0.3) is 0 Å². The monoisotopic (exact) mass is 227 g/mol. The predicted molar refractivity (Wildman–Crippen MR) is 59.2 cm³/mol. The van der Waals surface area contributed by atoms with Crippen molar-refractivity contribution in [2.75, 3.05) is 18.5 Å². The third-order valence-corrected chi connectivity index (χ3v) is 1.74. The van der Waals surface area contributed by atoms with Gasteiger partial charge < -0.3 is 14.6 Å². The van der Waals surface area contributed by atoms with Crippen molar-refractivity contribution < 1.29 is 14.1 Å². The topological polar surface area (TPSA) is 76.4 Å². The van der Waals surface area contributed by atoms with Gasteiger partial charge in [-0.3, -0.25) is 5.32 Å². The van der Waals surface area contributed by atoms with Gasteiger partial charge in [-0.25, -0.2) is 4.79 Å². The standard InChI is InChI=1S/C10H17N3O3/c1-8(2)15-6-3-5-11-10(14)12-9-4-7-16-13-9/h4,7-8H,3,5-6H2,1-2H3,(H2,11,12,13,14). The second-order valence-corrected chi connectivity index (χ2v) is 3.54.